The minimum Gasteiger partial charge on any atom is -0.465 e. The first-order chi connectivity index (χ1) is 16.8. The van der Waals surface area contributed by atoms with Crippen LogP contribution in [0.3, 0.4) is 0 Å². The second-order valence-corrected chi connectivity index (χ2v) is 10.1. The number of rotatable bonds is 10. The summed E-state index contributed by atoms with van der Waals surface area (Å²) < 4.78 is 43.8. The molecule has 0 aliphatic carbocycles. The summed E-state index contributed by atoms with van der Waals surface area (Å²) in [6.07, 6.45) is -2.08. The standard InChI is InChI=1S/C23H28N2O9S/c26-20(19(24-23(27)28)12-16-4-2-1-3-5-16)14-25(34-17-8-10-31-11-9-17)35(29,30)18-6-7-21-22(13-18)33-15-32-21/h1-7,13,17,19-20,24,26H,8-12,14-15H2,(H,27,28). The number of carboxylic acid groups (broad SMARTS) is 1. The van der Waals surface area contributed by atoms with E-state index in [9.17, 15) is 23.4 Å². The molecule has 1 fully saturated rings. The maximum absolute atomic E-state index is 13.6. The lowest BCUT2D eigenvalue weighted by Crippen LogP contribution is -2.51. The number of nitrogens with zero attached hydrogens (tertiary/aromatic N) is 1. The topological polar surface area (TPSA) is 144 Å². The van der Waals surface area contributed by atoms with Gasteiger partial charge in [-0.3, -0.25) is 4.84 Å². The van der Waals surface area contributed by atoms with Crippen LogP contribution in [0.4, 0.5) is 4.79 Å². The van der Waals surface area contributed by atoms with Crippen molar-refractivity contribution in [2.75, 3.05) is 26.6 Å². The Kier molecular flexibility index (Phi) is 8.08. The van der Waals surface area contributed by atoms with Gasteiger partial charge in [0, 0.05) is 19.3 Å². The van der Waals surface area contributed by atoms with Crippen LogP contribution in [0.2, 0.25) is 0 Å². The number of carbonyl (C=O) groups is 1. The second kappa shape index (κ2) is 11.2. The van der Waals surface area contributed by atoms with Gasteiger partial charge < -0.3 is 29.7 Å². The fraction of sp³-hybridized carbons (Fsp3) is 0.435. The van der Waals surface area contributed by atoms with Gasteiger partial charge in [-0.25, -0.2) is 13.2 Å². The van der Waals surface area contributed by atoms with Crippen LogP contribution in [0.1, 0.15) is 18.4 Å². The monoisotopic (exact) mass is 508 g/mol. The summed E-state index contributed by atoms with van der Waals surface area (Å²) in [4.78, 5) is 17.2. The third-order valence-corrected chi connectivity index (χ3v) is 7.37. The zero-order chi connectivity index (χ0) is 24.8. The first kappa shape index (κ1) is 25.2. The first-order valence-electron chi connectivity index (χ1n) is 11.2. The van der Waals surface area contributed by atoms with Crippen molar-refractivity contribution in [3.05, 3.63) is 54.1 Å². The summed E-state index contributed by atoms with van der Waals surface area (Å²) >= 11 is 0. The summed E-state index contributed by atoms with van der Waals surface area (Å²) in [5.41, 5.74) is 0.779. The zero-order valence-corrected chi connectivity index (χ0v) is 19.7. The number of hydrogen-bond donors (Lipinski definition) is 3. The first-order valence-corrected chi connectivity index (χ1v) is 12.7. The predicted octanol–water partition coefficient (Wildman–Crippen LogP) is 1.76. The Morgan fingerprint density at radius 1 is 1.11 bits per heavy atom. The number of hydroxylamine groups is 1. The van der Waals surface area contributed by atoms with Gasteiger partial charge in [-0.2, -0.15) is 0 Å². The minimum atomic E-state index is -4.25. The highest BCUT2D eigenvalue weighted by atomic mass is 32.2. The summed E-state index contributed by atoms with van der Waals surface area (Å²) in [6.45, 7) is 0.332. The van der Waals surface area contributed by atoms with Gasteiger partial charge in [0.1, 0.15) is 0 Å². The lowest BCUT2D eigenvalue weighted by atomic mass is 10.0. The van der Waals surface area contributed by atoms with Gasteiger partial charge in [0.15, 0.2) is 11.5 Å². The Morgan fingerprint density at radius 2 is 1.83 bits per heavy atom. The Balaban J connectivity index is 1.58. The average Bonchev–Trinajstić information content (AvgIpc) is 3.32. The second-order valence-electron chi connectivity index (χ2n) is 8.24. The van der Waals surface area contributed by atoms with E-state index in [1.165, 1.54) is 18.2 Å². The van der Waals surface area contributed by atoms with Crippen molar-refractivity contribution in [2.45, 2.75) is 42.4 Å². The van der Waals surface area contributed by atoms with Crippen molar-refractivity contribution < 1.29 is 42.5 Å². The molecule has 0 aromatic heterocycles. The normalized spacial score (nSPS) is 17.8. The molecule has 0 saturated carbocycles. The lowest BCUT2D eigenvalue weighted by molar-refractivity contribution is -0.170. The van der Waals surface area contributed by atoms with Gasteiger partial charge in [0.2, 0.25) is 6.79 Å². The van der Waals surface area contributed by atoms with E-state index in [0.29, 0.717) is 31.8 Å². The van der Waals surface area contributed by atoms with Crippen LogP contribution in [0, 0.1) is 0 Å². The minimum absolute atomic E-state index is 0.0120. The molecule has 2 unspecified atom stereocenters. The number of nitrogens with one attached hydrogen (secondary N) is 1. The van der Waals surface area contributed by atoms with Gasteiger partial charge in [-0.1, -0.05) is 34.8 Å². The molecule has 2 heterocycles. The summed E-state index contributed by atoms with van der Waals surface area (Å²) in [5, 5.41) is 22.6. The maximum atomic E-state index is 13.6. The molecule has 3 N–H and O–H groups in total. The molecule has 4 rings (SSSR count). The third-order valence-electron chi connectivity index (χ3n) is 5.75. The van der Waals surface area contributed by atoms with Crippen LogP contribution in [-0.4, -0.2) is 74.0 Å². The molecule has 2 aliphatic heterocycles. The van der Waals surface area contributed by atoms with Crippen LogP contribution < -0.4 is 14.8 Å². The maximum Gasteiger partial charge on any atom is 0.404 e. The van der Waals surface area contributed by atoms with E-state index in [-0.39, 0.29) is 23.9 Å². The van der Waals surface area contributed by atoms with E-state index >= 15 is 0 Å². The third kappa shape index (κ3) is 6.41. The number of sulfonamides is 1. The Labute approximate surface area is 203 Å². The molecule has 0 spiro atoms. The fourth-order valence-corrected chi connectivity index (χ4v) is 5.21. The van der Waals surface area contributed by atoms with E-state index in [2.05, 4.69) is 5.32 Å². The lowest BCUT2D eigenvalue weighted by Gasteiger charge is -2.32. The number of fused-ring (bicyclic) bond motifs is 1. The van der Waals surface area contributed by atoms with Crippen molar-refractivity contribution in [1.29, 1.82) is 0 Å². The molecule has 11 nitrogen and oxygen atoms in total. The quantitative estimate of drug-likeness (QED) is 0.409. The van der Waals surface area contributed by atoms with E-state index in [1.54, 1.807) is 24.3 Å². The highest BCUT2D eigenvalue weighted by Gasteiger charge is 2.35. The molecular formula is C23H28N2O9S. The molecule has 1 amide bonds. The number of hydrogen-bond acceptors (Lipinski definition) is 8. The molecule has 2 atom stereocenters. The summed E-state index contributed by atoms with van der Waals surface area (Å²) in [5.74, 6) is 0.710. The number of aliphatic hydroxyl groups excluding tert-OH is 1. The van der Waals surface area contributed by atoms with E-state index < -0.39 is 40.9 Å². The Morgan fingerprint density at radius 3 is 2.54 bits per heavy atom. The zero-order valence-electron chi connectivity index (χ0n) is 18.9. The van der Waals surface area contributed by atoms with Gasteiger partial charge >= 0.3 is 6.09 Å². The molecule has 35 heavy (non-hydrogen) atoms. The van der Waals surface area contributed by atoms with E-state index in [4.69, 9.17) is 19.0 Å². The van der Waals surface area contributed by atoms with Gasteiger partial charge in [0.05, 0.1) is 29.7 Å². The van der Waals surface area contributed by atoms with Crippen molar-refractivity contribution in [3.8, 4) is 11.5 Å². The van der Waals surface area contributed by atoms with Gasteiger partial charge in [0.25, 0.3) is 10.0 Å². The number of ether oxygens (including phenoxy) is 3. The molecule has 2 aliphatic rings. The van der Waals surface area contributed by atoms with Crippen LogP contribution in [0.15, 0.2) is 53.4 Å². The summed E-state index contributed by atoms with van der Waals surface area (Å²) in [6, 6.07) is 12.2. The number of aliphatic hydroxyl groups is 1. The van der Waals surface area contributed by atoms with Crippen molar-refractivity contribution in [3.63, 3.8) is 0 Å². The number of benzene rings is 2. The Bertz CT molecular complexity index is 1110. The number of amides is 1. The SMILES string of the molecule is O=C(O)NC(Cc1ccccc1)C(O)CN(OC1CCOCC1)S(=O)(=O)c1ccc2c(c1)OCO2. The highest BCUT2D eigenvalue weighted by molar-refractivity contribution is 7.89. The molecular weight excluding hydrogens is 480 g/mol. The van der Waals surface area contributed by atoms with Crippen LogP contribution >= 0.6 is 0 Å². The molecule has 2 aromatic rings. The van der Waals surface area contributed by atoms with Crippen LogP contribution in [-0.2, 0) is 26.0 Å². The molecule has 12 heteroatoms. The van der Waals surface area contributed by atoms with Crippen LogP contribution in [0.25, 0.3) is 0 Å². The summed E-state index contributed by atoms with van der Waals surface area (Å²) in [7, 11) is -4.25. The van der Waals surface area contributed by atoms with Crippen molar-refractivity contribution in [2.24, 2.45) is 0 Å². The highest BCUT2D eigenvalue weighted by Crippen LogP contribution is 2.35. The van der Waals surface area contributed by atoms with Crippen molar-refractivity contribution in [1.82, 2.24) is 9.79 Å². The average molecular weight is 509 g/mol. The molecule has 0 radical (unpaired) electrons. The molecule has 1 saturated heterocycles. The molecule has 0 bridgehead atoms. The smallest absolute Gasteiger partial charge is 0.404 e. The van der Waals surface area contributed by atoms with E-state index in [1.807, 2.05) is 6.07 Å². The van der Waals surface area contributed by atoms with Crippen molar-refractivity contribution >= 4 is 16.1 Å². The van der Waals surface area contributed by atoms with E-state index in [0.717, 1.165) is 10.0 Å². The molecule has 2 aromatic carbocycles. The van der Waals surface area contributed by atoms with Crippen LogP contribution in [0.5, 0.6) is 11.5 Å². The van der Waals surface area contributed by atoms with Gasteiger partial charge in [-0.05, 0) is 37.0 Å². The fourth-order valence-electron chi connectivity index (χ4n) is 3.89. The molecule has 190 valence electrons. The largest absolute Gasteiger partial charge is 0.465 e. The van der Waals surface area contributed by atoms with Gasteiger partial charge in [-0.15, -0.1) is 0 Å². The predicted molar refractivity (Wildman–Crippen MR) is 122 cm³/mol. The Hall–Kier alpha value is -2.90.